The molecule has 1 aromatic carbocycles. The number of halogens is 1. The highest BCUT2D eigenvalue weighted by Gasteiger charge is 2.22. The van der Waals surface area contributed by atoms with E-state index >= 15 is 0 Å². The predicted octanol–water partition coefficient (Wildman–Crippen LogP) is 3.98. The van der Waals surface area contributed by atoms with E-state index in [1.165, 1.54) is 11.1 Å². The van der Waals surface area contributed by atoms with E-state index in [4.69, 9.17) is 16.3 Å². The Kier molecular flexibility index (Phi) is 3.88. The van der Waals surface area contributed by atoms with E-state index in [1.807, 2.05) is 6.92 Å². The number of fused-ring (bicyclic) bond motifs is 1. The minimum atomic E-state index is 0.0567. The lowest BCUT2D eigenvalue weighted by Gasteiger charge is -2.25. The van der Waals surface area contributed by atoms with E-state index in [0.29, 0.717) is 11.9 Å². The number of ether oxygens (including phenoxy) is 1. The van der Waals surface area contributed by atoms with Gasteiger partial charge in [-0.3, -0.25) is 0 Å². The summed E-state index contributed by atoms with van der Waals surface area (Å²) in [6.07, 6.45) is 5.08. The first kappa shape index (κ1) is 13.4. The lowest BCUT2D eigenvalue weighted by Crippen LogP contribution is -2.16. The Bertz CT molecular complexity index is 615. The Balaban J connectivity index is 1.84. The first-order chi connectivity index (χ1) is 9.78. The lowest BCUT2D eigenvalue weighted by atomic mass is 9.89. The van der Waals surface area contributed by atoms with E-state index < -0.39 is 0 Å². The fourth-order valence-corrected chi connectivity index (χ4v) is 2.88. The van der Waals surface area contributed by atoms with Gasteiger partial charge in [-0.2, -0.15) is 0 Å². The second kappa shape index (κ2) is 5.80. The molecule has 1 aliphatic carbocycles. The standard InChI is InChI=1S/C16H17ClN2O/c1-11-13(9-17)10-18-16(19-11)20-15-8-4-6-12-5-2-3-7-14(12)15/h2-3,5,7,10,15H,4,6,8-9H2,1H3. The molecule has 2 aromatic rings. The van der Waals surface area contributed by atoms with Crippen LogP contribution in [0.3, 0.4) is 0 Å². The van der Waals surface area contributed by atoms with E-state index in [1.54, 1.807) is 6.20 Å². The maximum Gasteiger partial charge on any atom is 0.317 e. The smallest absolute Gasteiger partial charge is 0.317 e. The Morgan fingerprint density at radius 2 is 2.20 bits per heavy atom. The third-order valence-corrected chi connectivity index (χ3v) is 4.05. The minimum Gasteiger partial charge on any atom is -0.455 e. The van der Waals surface area contributed by atoms with Crippen LogP contribution in [0.1, 0.15) is 41.3 Å². The monoisotopic (exact) mass is 288 g/mol. The van der Waals surface area contributed by atoms with E-state index in [9.17, 15) is 0 Å². The highest BCUT2D eigenvalue weighted by Crippen LogP contribution is 2.32. The molecule has 1 atom stereocenters. The second-order valence-electron chi connectivity index (χ2n) is 5.09. The van der Waals surface area contributed by atoms with Crippen molar-refractivity contribution in [1.82, 2.24) is 9.97 Å². The van der Waals surface area contributed by atoms with Gasteiger partial charge in [0.2, 0.25) is 0 Å². The molecule has 3 nitrogen and oxygen atoms in total. The Morgan fingerprint density at radius 1 is 1.35 bits per heavy atom. The molecule has 0 spiro atoms. The van der Waals surface area contributed by atoms with Gasteiger partial charge in [0.1, 0.15) is 6.10 Å². The number of aryl methyl sites for hydroxylation is 2. The zero-order valence-corrected chi connectivity index (χ0v) is 12.2. The molecule has 0 aliphatic heterocycles. The summed E-state index contributed by atoms with van der Waals surface area (Å²) in [6.45, 7) is 1.93. The molecule has 0 saturated heterocycles. The Labute approximate surface area is 124 Å². The van der Waals surface area contributed by atoms with Gasteiger partial charge in [0, 0.05) is 17.5 Å². The third-order valence-electron chi connectivity index (χ3n) is 3.76. The van der Waals surface area contributed by atoms with Gasteiger partial charge in [-0.15, -0.1) is 11.6 Å². The van der Waals surface area contributed by atoms with Crippen LogP contribution in [0.4, 0.5) is 0 Å². The fraction of sp³-hybridized carbons (Fsp3) is 0.375. The van der Waals surface area contributed by atoms with Crippen LogP contribution in [0.25, 0.3) is 0 Å². The van der Waals surface area contributed by atoms with Crippen LogP contribution in [0, 0.1) is 6.92 Å². The van der Waals surface area contributed by atoms with Crippen molar-refractivity contribution in [2.75, 3.05) is 0 Å². The van der Waals surface area contributed by atoms with Crippen LogP contribution in [0.5, 0.6) is 6.01 Å². The molecule has 20 heavy (non-hydrogen) atoms. The predicted molar refractivity (Wildman–Crippen MR) is 79.1 cm³/mol. The second-order valence-corrected chi connectivity index (χ2v) is 5.36. The van der Waals surface area contributed by atoms with Crippen LogP contribution >= 0.6 is 11.6 Å². The molecule has 4 heteroatoms. The van der Waals surface area contributed by atoms with Crippen LogP contribution in [0.15, 0.2) is 30.5 Å². The molecule has 0 N–H and O–H groups in total. The zero-order valence-electron chi connectivity index (χ0n) is 11.5. The van der Waals surface area contributed by atoms with E-state index in [-0.39, 0.29) is 6.10 Å². The summed E-state index contributed by atoms with van der Waals surface area (Å²) in [7, 11) is 0. The van der Waals surface area contributed by atoms with Crippen molar-refractivity contribution >= 4 is 11.6 Å². The van der Waals surface area contributed by atoms with Crippen molar-refractivity contribution in [2.24, 2.45) is 0 Å². The molecule has 1 heterocycles. The average Bonchev–Trinajstić information content (AvgIpc) is 2.48. The maximum absolute atomic E-state index is 6.00. The third kappa shape index (κ3) is 2.63. The summed E-state index contributed by atoms with van der Waals surface area (Å²) < 4.78 is 6.00. The van der Waals surface area contributed by atoms with Gasteiger partial charge in [0.15, 0.2) is 0 Å². The van der Waals surface area contributed by atoms with Gasteiger partial charge >= 0.3 is 6.01 Å². The molecule has 0 radical (unpaired) electrons. The summed E-state index contributed by atoms with van der Waals surface area (Å²) >= 11 is 5.82. The van der Waals surface area contributed by atoms with Crippen LogP contribution in [0.2, 0.25) is 0 Å². The van der Waals surface area contributed by atoms with Crippen molar-refractivity contribution in [3.05, 3.63) is 52.8 Å². The lowest BCUT2D eigenvalue weighted by molar-refractivity contribution is 0.167. The van der Waals surface area contributed by atoms with Crippen molar-refractivity contribution in [2.45, 2.75) is 38.2 Å². The zero-order chi connectivity index (χ0) is 13.9. The quantitative estimate of drug-likeness (QED) is 0.801. The number of benzene rings is 1. The van der Waals surface area contributed by atoms with Crippen LogP contribution < -0.4 is 4.74 Å². The van der Waals surface area contributed by atoms with Crippen molar-refractivity contribution < 1.29 is 4.74 Å². The molecule has 1 unspecified atom stereocenters. The molecule has 0 amide bonds. The summed E-state index contributed by atoms with van der Waals surface area (Å²) in [5, 5.41) is 0. The van der Waals surface area contributed by atoms with Crippen LogP contribution in [-0.4, -0.2) is 9.97 Å². The molecular weight excluding hydrogens is 272 g/mol. The SMILES string of the molecule is Cc1nc(OC2CCCc3ccccc32)ncc1CCl. The fourth-order valence-electron chi connectivity index (χ4n) is 2.62. The van der Waals surface area contributed by atoms with Crippen LogP contribution in [-0.2, 0) is 12.3 Å². The largest absolute Gasteiger partial charge is 0.455 e. The summed E-state index contributed by atoms with van der Waals surface area (Å²) in [5.41, 5.74) is 4.47. The first-order valence-electron chi connectivity index (χ1n) is 6.91. The molecular formula is C16H17ClN2O. The molecule has 3 rings (SSSR count). The number of nitrogens with zero attached hydrogens (tertiary/aromatic N) is 2. The highest BCUT2D eigenvalue weighted by atomic mass is 35.5. The maximum atomic E-state index is 6.00. The Hall–Kier alpha value is -1.61. The summed E-state index contributed by atoms with van der Waals surface area (Å²) in [4.78, 5) is 8.65. The average molecular weight is 289 g/mol. The van der Waals surface area contributed by atoms with Gasteiger partial charge in [-0.25, -0.2) is 9.97 Å². The van der Waals surface area contributed by atoms with E-state index in [0.717, 1.165) is 30.5 Å². The summed E-state index contributed by atoms with van der Waals surface area (Å²) in [5.74, 6) is 0.429. The highest BCUT2D eigenvalue weighted by molar-refractivity contribution is 6.17. The van der Waals surface area contributed by atoms with Gasteiger partial charge < -0.3 is 4.74 Å². The molecule has 1 aromatic heterocycles. The number of hydrogen-bond acceptors (Lipinski definition) is 3. The Morgan fingerprint density at radius 3 is 3.00 bits per heavy atom. The number of hydrogen-bond donors (Lipinski definition) is 0. The molecule has 0 bridgehead atoms. The van der Waals surface area contributed by atoms with Crippen molar-refractivity contribution in [1.29, 1.82) is 0 Å². The molecule has 1 aliphatic rings. The van der Waals surface area contributed by atoms with Gasteiger partial charge in [-0.1, -0.05) is 24.3 Å². The molecule has 0 fully saturated rings. The van der Waals surface area contributed by atoms with Crippen molar-refractivity contribution in [3.8, 4) is 6.01 Å². The number of aromatic nitrogens is 2. The van der Waals surface area contributed by atoms with E-state index in [2.05, 4.69) is 34.2 Å². The van der Waals surface area contributed by atoms with Gasteiger partial charge in [0.25, 0.3) is 0 Å². The summed E-state index contributed by atoms with van der Waals surface area (Å²) in [6, 6.07) is 8.89. The normalized spacial score (nSPS) is 17.6. The van der Waals surface area contributed by atoms with Gasteiger partial charge in [0.05, 0.1) is 5.88 Å². The number of rotatable bonds is 3. The molecule has 0 saturated carbocycles. The first-order valence-corrected chi connectivity index (χ1v) is 7.44. The van der Waals surface area contributed by atoms with Crippen molar-refractivity contribution in [3.63, 3.8) is 0 Å². The van der Waals surface area contributed by atoms with Gasteiger partial charge in [-0.05, 0) is 37.3 Å². The minimum absolute atomic E-state index is 0.0567. The molecule has 104 valence electrons. The topological polar surface area (TPSA) is 35.0 Å². The number of alkyl halides is 1.